The first kappa shape index (κ1) is 19.2. The van der Waals surface area contributed by atoms with Crippen LogP contribution in [-0.2, 0) is 4.79 Å². The molecule has 0 unspecified atom stereocenters. The second-order valence-corrected chi connectivity index (χ2v) is 7.88. The number of nitrogens with one attached hydrogen (secondary N) is 1. The fraction of sp³-hybridized carbons (Fsp3) is 0. The average Bonchev–Trinajstić information content (AvgIpc) is 2.91. The number of nitro benzene ring substituents is 1. The fourth-order valence-electron chi connectivity index (χ4n) is 2.26. The summed E-state index contributed by atoms with van der Waals surface area (Å²) < 4.78 is 1.04. The number of nitrogens with zero attached hydrogens (tertiary/aromatic N) is 2. The van der Waals surface area contributed by atoms with E-state index >= 15 is 0 Å². The van der Waals surface area contributed by atoms with Gasteiger partial charge in [0.25, 0.3) is 17.5 Å². The number of hydrogen-bond acceptors (Lipinski definition) is 6. The molecule has 1 aliphatic rings. The van der Waals surface area contributed by atoms with Gasteiger partial charge in [0.05, 0.1) is 9.83 Å². The molecule has 0 radical (unpaired) electrons. The molecule has 1 fully saturated rings. The van der Waals surface area contributed by atoms with E-state index in [1.165, 1.54) is 24.3 Å². The van der Waals surface area contributed by atoms with Crippen molar-refractivity contribution in [2.45, 2.75) is 0 Å². The molecule has 7 nitrogen and oxygen atoms in total. The van der Waals surface area contributed by atoms with Crippen molar-refractivity contribution in [3.05, 3.63) is 79.2 Å². The zero-order valence-electron chi connectivity index (χ0n) is 13.4. The number of carbonyl (C=O) groups is 2. The topological polar surface area (TPSA) is 92.6 Å². The van der Waals surface area contributed by atoms with Gasteiger partial charge >= 0.3 is 0 Å². The lowest BCUT2D eigenvalue weighted by Gasteiger charge is -2.15. The molecule has 0 spiro atoms. The van der Waals surface area contributed by atoms with Crippen molar-refractivity contribution in [3.8, 4) is 0 Å². The lowest BCUT2D eigenvalue weighted by Crippen LogP contribution is -2.45. The second-order valence-electron chi connectivity index (χ2n) is 5.28. The van der Waals surface area contributed by atoms with E-state index < -0.39 is 16.7 Å². The largest absolute Gasteiger partial charge is 0.285 e. The standard InChI is InChI=1S/C17H10BrN3O4S2/c18-11-7-5-10(6-8-11)9-14-16(23)20(17(26)27-14)19-15(22)12-3-1-2-4-13(12)21(24)25/h1-9H,(H,19,22)/b14-9+. The van der Waals surface area contributed by atoms with Crippen LogP contribution in [-0.4, -0.2) is 26.1 Å². The highest BCUT2D eigenvalue weighted by atomic mass is 79.9. The summed E-state index contributed by atoms with van der Waals surface area (Å²) in [4.78, 5) is 35.7. The molecule has 1 aliphatic heterocycles. The Hall–Kier alpha value is -2.56. The molecule has 136 valence electrons. The Bertz CT molecular complexity index is 992. The quantitative estimate of drug-likeness (QED) is 0.319. The van der Waals surface area contributed by atoms with Gasteiger partial charge in [-0.05, 0) is 42.1 Å². The first-order valence-corrected chi connectivity index (χ1v) is 9.46. The number of carbonyl (C=O) groups excluding carboxylic acids is 2. The predicted molar refractivity (Wildman–Crippen MR) is 110 cm³/mol. The summed E-state index contributed by atoms with van der Waals surface area (Å²) >= 11 is 9.53. The summed E-state index contributed by atoms with van der Waals surface area (Å²) in [7, 11) is 0. The Labute approximate surface area is 171 Å². The molecule has 10 heteroatoms. The Morgan fingerprint density at radius 1 is 1.22 bits per heavy atom. The van der Waals surface area contributed by atoms with Crippen molar-refractivity contribution >= 4 is 67.8 Å². The Morgan fingerprint density at radius 3 is 2.56 bits per heavy atom. The summed E-state index contributed by atoms with van der Waals surface area (Å²) in [6.07, 6.45) is 1.66. The monoisotopic (exact) mass is 463 g/mol. The van der Waals surface area contributed by atoms with E-state index in [2.05, 4.69) is 21.4 Å². The van der Waals surface area contributed by atoms with E-state index in [0.29, 0.717) is 4.91 Å². The maximum absolute atomic E-state index is 12.6. The van der Waals surface area contributed by atoms with Crippen LogP contribution in [0, 0.1) is 10.1 Å². The molecule has 2 amide bonds. The molecule has 2 aromatic rings. The van der Waals surface area contributed by atoms with E-state index in [1.807, 2.05) is 24.3 Å². The molecule has 1 saturated heterocycles. The lowest BCUT2D eigenvalue weighted by atomic mass is 10.2. The SMILES string of the molecule is O=C(NN1C(=O)/C(=C\c2ccc(Br)cc2)SC1=S)c1ccccc1[N+](=O)[O-]. The normalized spacial score (nSPS) is 15.3. The number of hydrogen-bond donors (Lipinski definition) is 1. The predicted octanol–water partition coefficient (Wildman–Crippen LogP) is 3.90. The fourth-order valence-corrected chi connectivity index (χ4v) is 3.70. The number of thiocarbonyl (C=S) groups is 1. The van der Waals surface area contributed by atoms with Crippen LogP contribution in [0.25, 0.3) is 6.08 Å². The van der Waals surface area contributed by atoms with E-state index in [0.717, 1.165) is 26.8 Å². The van der Waals surface area contributed by atoms with Gasteiger partial charge in [-0.25, -0.2) is 0 Å². The van der Waals surface area contributed by atoms with Gasteiger partial charge in [0.2, 0.25) is 0 Å². The van der Waals surface area contributed by atoms with E-state index in [4.69, 9.17) is 12.2 Å². The number of rotatable bonds is 4. The molecule has 0 aliphatic carbocycles. The molecular formula is C17H10BrN3O4S2. The van der Waals surface area contributed by atoms with Crippen molar-refractivity contribution in [2.24, 2.45) is 0 Å². The third-order valence-corrected chi connectivity index (χ3v) is 5.35. The smallest absolute Gasteiger partial charge is 0.267 e. The minimum Gasteiger partial charge on any atom is -0.267 e. The Morgan fingerprint density at radius 2 is 1.89 bits per heavy atom. The van der Waals surface area contributed by atoms with Crippen LogP contribution < -0.4 is 5.43 Å². The molecule has 0 aromatic heterocycles. The zero-order valence-corrected chi connectivity index (χ0v) is 16.6. The minimum absolute atomic E-state index is 0.135. The third kappa shape index (κ3) is 4.24. The van der Waals surface area contributed by atoms with E-state index in [1.54, 1.807) is 6.08 Å². The van der Waals surface area contributed by atoms with Crippen molar-refractivity contribution < 1.29 is 14.5 Å². The van der Waals surface area contributed by atoms with Gasteiger partial charge in [0.1, 0.15) is 5.56 Å². The van der Waals surface area contributed by atoms with Crippen LogP contribution in [0.1, 0.15) is 15.9 Å². The summed E-state index contributed by atoms with van der Waals surface area (Å²) in [5.41, 5.74) is 2.63. The number of para-hydroxylation sites is 1. The van der Waals surface area contributed by atoms with E-state index in [9.17, 15) is 19.7 Å². The highest BCUT2D eigenvalue weighted by Crippen LogP contribution is 2.32. The summed E-state index contributed by atoms with van der Waals surface area (Å²) in [6, 6.07) is 12.8. The molecule has 27 heavy (non-hydrogen) atoms. The van der Waals surface area contributed by atoms with Crippen molar-refractivity contribution in [1.29, 1.82) is 0 Å². The molecule has 3 rings (SSSR count). The van der Waals surface area contributed by atoms with Crippen LogP contribution >= 0.6 is 39.9 Å². The van der Waals surface area contributed by atoms with Gasteiger partial charge < -0.3 is 0 Å². The lowest BCUT2D eigenvalue weighted by molar-refractivity contribution is -0.385. The van der Waals surface area contributed by atoms with Gasteiger partial charge in [-0.1, -0.05) is 52.0 Å². The Kier molecular flexibility index (Phi) is 5.68. The van der Waals surface area contributed by atoms with Crippen LogP contribution in [0.3, 0.4) is 0 Å². The molecule has 0 atom stereocenters. The number of thioether (sulfide) groups is 1. The average molecular weight is 464 g/mol. The zero-order chi connectivity index (χ0) is 19.6. The molecule has 0 saturated carbocycles. The minimum atomic E-state index is -0.788. The molecular weight excluding hydrogens is 454 g/mol. The summed E-state index contributed by atoms with van der Waals surface area (Å²) in [5.74, 6) is -1.29. The van der Waals surface area contributed by atoms with Crippen LogP contribution in [0.5, 0.6) is 0 Å². The molecule has 1 N–H and O–H groups in total. The van der Waals surface area contributed by atoms with Gasteiger partial charge in [0, 0.05) is 10.5 Å². The van der Waals surface area contributed by atoms with E-state index in [-0.39, 0.29) is 15.6 Å². The number of halogens is 1. The highest BCUT2D eigenvalue weighted by Gasteiger charge is 2.34. The number of hydrazine groups is 1. The molecule has 1 heterocycles. The number of nitro groups is 1. The van der Waals surface area contributed by atoms with Crippen molar-refractivity contribution in [2.75, 3.05) is 0 Å². The van der Waals surface area contributed by atoms with Crippen molar-refractivity contribution in [1.82, 2.24) is 10.4 Å². The molecule has 2 aromatic carbocycles. The first-order valence-electron chi connectivity index (χ1n) is 7.45. The van der Waals surface area contributed by atoms with Crippen LogP contribution in [0.4, 0.5) is 5.69 Å². The van der Waals surface area contributed by atoms with Crippen LogP contribution in [0.2, 0.25) is 0 Å². The molecule has 0 bridgehead atoms. The van der Waals surface area contributed by atoms with Gasteiger partial charge in [-0.15, -0.1) is 0 Å². The highest BCUT2D eigenvalue weighted by molar-refractivity contribution is 9.10. The summed E-state index contributed by atoms with van der Waals surface area (Å²) in [5, 5.41) is 12.0. The summed E-state index contributed by atoms with van der Waals surface area (Å²) in [6.45, 7) is 0. The first-order chi connectivity index (χ1) is 12.9. The van der Waals surface area contributed by atoms with Crippen molar-refractivity contribution in [3.63, 3.8) is 0 Å². The third-order valence-electron chi connectivity index (χ3n) is 3.52. The maximum atomic E-state index is 12.6. The Balaban J connectivity index is 1.81. The number of benzene rings is 2. The van der Waals surface area contributed by atoms with Gasteiger partial charge in [-0.3, -0.25) is 25.1 Å². The van der Waals surface area contributed by atoms with Gasteiger partial charge in [0.15, 0.2) is 4.32 Å². The van der Waals surface area contributed by atoms with Gasteiger partial charge in [-0.2, -0.15) is 5.01 Å². The number of amides is 2. The van der Waals surface area contributed by atoms with Crippen LogP contribution in [0.15, 0.2) is 57.9 Å². The maximum Gasteiger partial charge on any atom is 0.285 e. The second kappa shape index (κ2) is 7.99.